The molecule has 0 heterocycles. The fraction of sp³-hybridized carbons (Fsp3) is 0.231. The largest absolute Gasteiger partial charge is 0.480 e. The van der Waals surface area contributed by atoms with Crippen molar-refractivity contribution in [2.45, 2.75) is 6.54 Å². The topological polar surface area (TPSA) is 142 Å². The lowest BCUT2D eigenvalue weighted by Gasteiger charge is -2.19. The third kappa shape index (κ3) is 5.90. The van der Waals surface area contributed by atoms with Gasteiger partial charge in [0.2, 0.25) is 5.91 Å². The van der Waals surface area contributed by atoms with Crippen LogP contribution in [0.2, 0.25) is 0 Å². The lowest BCUT2D eigenvalue weighted by molar-refractivity contribution is -0.137. The lowest BCUT2D eigenvalue weighted by atomic mass is 10.2. The van der Waals surface area contributed by atoms with Gasteiger partial charge in [0.05, 0.1) is 6.54 Å². The van der Waals surface area contributed by atoms with E-state index in [4.69, 9.17) is 10.8 Å². The van der Waals surface area contributed by atoms with E-state index in [-0.39, 0.29) is 6.54 Å². The molecule has 1 aromatic carbocycles. The minimum atomic E-state index is -1.37. The number of carboxylic acid groups (broad SMARTS) is 1. The first-order valence-corrected chi connectivity index (χ1v) is 6.27. The maximum Gasteiger partial charge on any atom is 0.326 e. The summed E-state index contributed by atoms with van der Waals surface area (Å²) in [4.78, 5) is 45.4. The molecule has 0 aliphatic rings. The van der Waals surface area contributed by atoms with E-state index in [1.165, 1.54) is 0 Å². The maximum absolute atomic E-state index is 11.9. The number of hydrogen-bond donors (Lipinski definition) is 4. The van der Waals surface area contributed by atoms with Gasteiger partial charge in [-0.05, 0) is 5.56 Å². The predicted molar refractivity (Wildman–Crippen MR) is 75.6 cm³/mol. The fourth-order valence-corrected chi connectivity index (χ4v) is 1.50. The number of imide groups is 1. The summed E-state index contributed by atoms with van der Waals surface area (Å²) >= 11 is 0. The number of amides is 5. The molecule has 0 saturated carbocycles. The number of primary amides is 1. The van der Waals surface area contributed by atoms with Crippen molar-refractivity contribution in [3.63, 3.8) is 0 Å². The van der Waals surface area contributed by atoms with Crippen LogP contribution in [0.5, 0.6) is 0 Å². The quantitative estimate of drug-likeness (QED) is 0.559. The number of nitrogens with zero attached hydrogens (tertiary/aromatic N) is 1. The number of nitrogens with two attached hydrogens (primary N) is 1. The Morgan fingerprint density at radius 1 is 1.05 bits per heavy atom. The van der Waals surface area contributed by atoms with Crippen LogP contribution in [0.1, 0.15) is 5.56 Å². The smallest absolute Gasteiger partial charge is 0.326 e. The molecular formula is C13H16N4O5. The third-order valence-electron chi connectivity index (χ3n) is 2.48. The lowest BCUT2D eigenvalue weighted by Crippen LogP contribution is -2.51. The molecule has 9 nitrogen and oxygen atoms in total. The number of rotatable bonds is 6. The summed E-state index contributed by atoms with van der Waals surface area (Å²) < 4.78 is 0. The van der Waals surface area contributed by atoms with E-state index in [1.54, 1.807) is 30.3 Å². The number of nitrogens with one attached hydrogen (secondary N) is 2. The summed E-state index contributed by atoms with van der Waals surface area (Å²) in [6.45, 7) is -1.22. The molecule has 0 spiro atoms. The van der Waals surface area contributed by atoms with Crippen molar-refractivity contribution in [3.8, 4) is 0 Å². The van der Waals surface area contributed by atoms with Gasteiger partial charge in [-0.1, -0.05) is 30.3 Å². The molecular weight excluding hydrogens is 292 g/mol. The molecule has 1 aromatic rings. The normalized spacial score (nSPS) is 9.64. The zero-order valence-corrected chi connectivity index (χ0v) is 11.6. The molecule has 5 amide bonds. The second kappa shape index (κ2) is 8.25. The molecule has 22 heavy (non-hydrogen) atoms. The molecule has 5 N–H and O–H groups in total. The molecule has 1 rings (SSSR count). The minimum Gasteiger partial charge on any atom is -0.480 e. The van der Waals surface area contributed by atoms with E-state index in [1.807, 2.05) is 0 Å². The van der Waals surface area contributed by atoms with E-state index < -0.39 is 37.0 Å². The summed E-state index contributed by atoms with van der Waals surface area (Å²) in [6.07, 6.45) is 0. The van der Waals surface area contributed by atoms with Crippen molar-refractivity contribution < 1.29 is 24.3 Å². The average molecular weight is 308 g/mol. The number of carboxylic acids is 1. The molecule has 9 heteroatoms. The number of urea groups is 2. The highest BCUT2D eigenvalue weighted by Crippen LogP contribution is 1.99. The van der Waals surface area contributed by atoms with Crippen LogP contribution in [0.25, 0.3) is 0 Å². The van der Waals surface area contributed by atoms with Gasteiger partial charge in [-0.3, -0.25) is 9.59 Å². The predicted octanol–water partition coefficient (Wildman–Crippen LogP) is -0.522. The number of aliphatic carboxylic acids is 1. The number of benzene rings is 1. The highest BCUT2D eigenvalue weighted by molar-refractivity contribution is 5.97. The number of carbonyl (C=O) groups is 4. The Hall–Kier alpha value is -3.10. The van der Waals surface area contributed by atoms with Crippen LogP contribution in [0.4, 0.5) is 9.59 Å². The van der Waals surface area contributed by atoms with Gasteiger partial charge >= 0.3 is 18.0 Å². The molecule has 0 unspecified atom stereocenters. The van der Waals surface area contributed by atoms with Gasteiger partial charge in [0.25, 0.3) is 0 Å². The van der Waals surface area contributed by atoms with Gasteiger partial charge in [-0.15, -0.1) is 0 Å². The second-order valence-corrected chi connectivity index (χ2v) is 4.25. The van der Waals surface area contributed by atoms with Gasteiger partial charge in [-0.2, -0.15) is 0 Å². The molecule has 0 saturated heterocycles. The van der Waals surface area contributed by atoms with Crippen LogP contribution >= 0.6 is 0 Å². The van der Waals surface area contributed by atoms with Crippen molar-refractivity contribution >= 4 is 23.9 Å². The minimum absolute atomic E-state index is 0.124. The Kier molecular flexibility index (Phi) is 6.35. The van der Waals surface area contributed by atoms with Gasteiger partial charge in [0.1, 0.15) is 6.54 Å². The van der Waals surface area contributed by atoms with E-state index >= 15 is 0 Å². The first kappa shape index (κ1) is 17.0. The number of carbonyl (C=O) groups excluding carboxylic acids is 3. The van der Waals surface area contributed by atoms with Crippen LogP contribution in [-0.4, -0.2) is 47.0 Å². The third-order valence-corrected chi connectivity index (χ3v) is 2.48. The Morgan fingerprint density at radius 3 is 2.18 bits per heavy atom. The SMILES string of the molecule is NC(=O)CNC(=O)N(CC(=O)O)C(=O)NCc1ccccc1. The van der Waals surface area contributed by atoms with Gasteiger partial charge in [0.15, 0.2) is 0 Å². The highest BCUT2D eigenvalue weighted by atomic mass is 16.4. The van der Waals surface area contributed by atoms with Crippen molar-refractivity contribution in [1.29, 1.82) is 0 Å². The van der Waals surface area contributed by atoms with E-state index in [2.05, 4.69) is 10.6 Å². The maximum atomic E-state index is 11.9. The summed E-state index contributed by atoms with van der Waals surface area (Å²) in [5, 5.41) is 13.2. The first-order valence-electron chi connectivity index (χ1n) is 6.27. The molecule has 0 radical (unpaired) electrons. The van der Waals surface area contributed by atoms with Gasteiger partial charge in [-0.25, -0.2) is 14.5 Å². The zero-order valence-electron chi connectivity index (χ0n) is 11.6. The van der Waals surface area contributed by atoms with Crippen molar-refractivity contribution in [1.82, 2.24) is 15.5 Å². The standard InChI is InChI=1S/C13H16N4O5/c14-10(18)7-16-13(22)17(8-11(19)20)12(21)15-6-9-4-2-1-3-5-9/h1-5H,6-8H2,(H2,14,18)(H,15,21)(H,16,22)(H,19,20). The fourth-order valence-electron chi connectivity index (χ4n) is 1.50. The summed E-state index contributed by atoms with van der Waals surface area (Å²) in [5.41, 5.74) is 5.65. The Labute approximate surface area is 126 Å². The zero-order chi connectivity index (χ0) is 16.5. The van der Waals surface area contributed by atoms with Crippen molar-refractivity contribution in [2.75, 3.05) is 13.1 Å². The highest BCUT2D eigenvalue weighted by Gasteiger charge is 2.24. The summed E-state index contributed by atoms with van der Waals surface area (Å²) in [6, 6.07) is 6.95. The van der Waals surface area contributed by atoms with Crippen LogP contribution in [0, 0.1) is 0 Å². The molecule has 118 valence electrons. The molecule has 0 atom stereocenters. The molecule has 0 aliphatic carbocycles. The van der Waals surface area contributed by atoms with Crippen LogP contribution in [-0.2, 0) is 16.1 Å². The van der Waals surface area contributed by atoms with Crippen LogP contribution in [0.15, 0.2) is 30.3 Å². The van der Waals surface area contributed by atoms with Crippen LogP contribution in [0.3, 0.4) is 0 Å². The summed E-state index contributed by atoms with van der Waals surface area (Å²) in [7, 11) is 0. The monoisotopic (exact) mass is 308 g/mol. The van der Waals surface area contributed by atoms with Crippen molar-refractivity contribution in [3.05, 3.63) is 35.9 Å². The Balaban J connectivity index is 2.65. The summed E-state index contributed by atoms with van der Waals surface area (Å²) in [5.74, 6) is -2.18. The van der Waals surface area contributed by atoms with E-state index in [9.17, 15) is 19.2 Å². The Morgan fingerprint density at radius 2 is 1.64 bits per heavy atom. The average Bonchev–Trinajstić information content (AvgIpc) is 2.48. The molecule has 0 bridgehead atoms. The van der Waals surface area contributed by atoms with Gasteiger partial charge < -0.3 is 21.5 Å². The molecule has 0 fully saturated rings. The number of hydrogen-bond acceptors (Lipinski definition) is 4. The van der Waals surface area contributed by atoms with Crippen molar-refractivity contribution in [2.24, 2.45) is 5.73 Å². The van der Waals surface area contributed by atoms with E-state index in [0.29, 0.717) is 4.90 Å². The molecule has 0 aliphatic heterocycles. The molecule has 0 aromatic heterocycles. The van der Waals surface area contributed by atoms with Gasteiger partial charge in [0, 0.05) is 6.54 Å². The Bertz CT molecular complexity index is 561. The van der Waals surface area contributed by atoms with E-state index in [0.717, 1.165) is 5.56 Å². The second-order valence-electron chi connectivity index (χ2n) is 4.25. The van der Waals surface area contributed by atoms with Crippen LogP contribution < -0.4 is 16.4 Å². The first-order chi connectivity index (χ1) is 10.4.